The second-order valence-electron chi connectivity index (χ2n) is 4.12. The average Bonchev–Trinajstić information content (AvgIpc) is 2.42. The van der Waals surface area contributed by atoms with E-state index in [0.29, 0.717) is 0 Å². The van der Waals surface area contributed by atoms with E-state index in [9.17, 15) is 8.78 Å². The predicted octanol–water partition coefficient (Wildman–Crippen LogP) is 4.12. The lowest BCUT2D eigenvalue weighted by molar-refractivity contribution is 0.494. The molecule has 0 spiro atoms. The summed E-state index contributed by atoms with van der Waals surface area (Å²) >= 11 is 1.72. The molecule has 0 saturated carbocycles. The summed E-state index contributed by atoms with van der Waals surface area (Å²) in [5.74, 6) is -0.752. The van der Waals surface area contributed by atoms with Crippen LogP contribution in [0.2, 0.25) is 0 Å². The first kappa shape index (κ1) is 14.0. The molecule has 0 aliphatic heterocycles. The Morgan fingerprint density at radius 3 is 2.42 bits per heavy atom. The molecule has 0 heterocycles. The number of thioether (sulfide) groups is 1. The van der Waals surface area contributed by atoms with Gasteiger partial charge in [-0.1, -0.05) is 31.2 Å². The molecule has 0 fully saturated rings. The standard InChI is InChI=1S/C15H15F2NS/c1-2-19-11-8-6-10(7-9-11)15(18)12-4-3-5-13(16)14(12)17/h3-9,15H,2,18H2,1H3. The fourth-order valence-corrected chi connectivity index (χ4v) is 2.54. The average molecular weight is 279 g/mol. The van der Waals surface area contributed by atoms with Crippen molar-refractivity contribution in [1.82, 2.24) is 0 Å². The highest BCUT2D eigenvalue weighted by molar-refractivity contribution is 7.99. The third-order valence-corrected chi connectivity index (χ3v) is 3.76. The van der Waals surface area contributed by atoms with Gasteiger partial charge < -0.3 is 5.73 Å². The maximum absolute atomic E-state index is 13.7. The van der Waals surface area contributed by atoms with Gasteiger partial charge in [0.15, 0.2) is 11.6 Å². The number of nitrogens with two attached hydrogens (primary N) is 1. The minimum Gasteiger partial charge on any atom is -0.320 e. The molecule has 100 valence electrons. The van der Waals surface area contributed by atoms with Crippen LogP contribution in [-0.4, -0.2) is 5.75 Å². The van der Waals surface area contributed by atoms with Crippen molar-refractivity contribution in [2.75, 3.05) is 5.75 Å². The van der Waals surface area contributed by atoms with Gasteiger partial charge >= 0.3 is 0 Å². The van der Waals surface area contributed by atoms with Crippen LogP contribution in [0.5, 0.6) is 0 Å². The minimum atomic E-state index is -0.873. The molecule has 2 rings (SSSR count). The molecule has 0 aliphatic rings. The fraction of sp³-hybridized carbons (Fsp3) is 0.200. The van der Waals surface area contributed by atoms with Crippen LogP contribution >= 0.6 is 11.8 Å². The number of hydrogen-bond acceptors (Lipinski definition) is 2. The molecule has 0 bridgehead atoms. The van der Waals surface area contributed by atoms with Gasteiger partial charge in [0.05, 0.1) is 6.04 Å². The molecule has 2 aromatic rings. The first-order valence-electron chi connectivity index (χ1n) is 6.05. The zero-order valence-corrected chi connectivity index (χ0v) is 11.4. The molecule has 0 aliphatic carbocycles. The van der Waals surface area contributed by atoms with Gasteiger partial charge in [-0.15, -0.1) is 11.8 Å². The summed E-state index contributed by atoms with van der Waals surface area (Å²) in [7, 11) is 0. The normalized spacial score (nSPS) is 12.4. The third-order valence-electron chi connectivity index (χ3n) is 2.87. The van der Waals surface area contributed by atoms with E-state index in [0.717, 1.165) is 22.3 Å². The van der Waals surface area contributed by atoms with Crippen LogP contribution in [0, 0.1) is 11.6 Å². The highest BCUT2D eigenvalue weighted by Gasteiger charge is 2.16. The Balaban J connectivity index is 2.28. The van der Waals surface area contributed by atoms with E-state index in [4.69, 9.17) is 5.73 Å². The first-order valence-corrected chi connectivity index (χ1v) is 7.04. The van der Waals surface area contributed by atoms with Crippen molar-refractivity contribution in [3.63, 3.8) is 0 Å². The molecule has 1 unspecified atom stereocenters. The lowest BCUT2D eigenvalue weighted by Gasteiger charge is -2.14. The first-order chi connectivity index (χ1) is 9.13. The van der Waals surface area contributed by atoms with Crippen molar-refractivity contribution in [2.24, 2.45) is 5.73 Å². The van der Waals surface area contributed by atoms with Crippen LogP contribution in [0.4, 0.5) is 8.78 Å². The zero-order valence-electron chi connectivity index (χ0n) is 10.6. The Kier molecular flexibility index (Phi) is 4.56. The molecule has 2 N–H and O–H groups in total. The van der Waals surface area contributed by atoms with Crippen LogP contribution in [0.3, 0.4) is 0 Å². The largest absolute Gasteiger partial charge is 0.320 e. The van der Waals surface area contributed by atoms with E-state index in [-0.39, 0.29) is 5.56 Å². The Hall–Kier alpha value is -1.39. The highest BCUT2D eigenvalue weighted by Crippen LogP contribution is 2.25. The molecule has 1 atom stereocenters. The van der Waals surface area contributed by atoms with Crippen LogP contribution in [0.15, 0.2) is 47.4 Å². The summed E-state index contributed by atoms with van der Waals surface area (Å²) in [5, 5.41) is 0. The Morgan fingerprint density at radius 1 is 1.11 bits per heavy atom. The molecule has 0 aromatic heterocycles. The lowest BCUT2D eigenvalue weighted by Crippen LogP contribution is -2.14. The Labute approximate surface area is 115 Å². The van der Waals surface area contributed by atoms with Crippen LogP contribution in [0.25, 0.3) is 0 Å². The molecule has 2 aromatic carbocycles. The second kappa shape index (κ2) is 6.17. The smallest absolute Gasteiger partial charge is 0.163 e. The molecular weight excluding hydrogens is 264 g/mol. The summed E-state index contributed by atoms with van der Waals surface area (Å²) < 4.78 is 26.9. The maximum Gasteiger partial charge on any atom is 0.163 e. The molecule has 0 radical (unpaired) electrons. The van der Waals surface area contributed by atoms with Gasteiger partial charge in [-0.25, -0.2) is 8.78 Å². The van der Waals surface area contributed by atoms with E-state index >= 15 is 0 Å². The second-order valence-corrected chi connectivity index (χ2v) is 5.46. The van der Waals surface area contributed by atoms with Crippen molar-refractivity contribution < 1.29 is 8.78 Å². The molecule has 4 heteroatoms. The van der Waals surface area contributed by atoms with Gasteiger partial charge in [-0.2, -0.15) is 0 Å². The van der Waals surface area contributed by atoms with E-state index in [1.54, 1.807) is 11.8 Å². The van der Waals surface area contributed by atoms with Crippen molar-refractivity contribution in [2.45, 2.75) is 17.9 Å². The van der Waals surface area contributed by atoms with Crippen LogP contribution < -0.4 is 5.73 Å². The SMILES string of the molecule is CCSc1ccc(C(N)c2cccc(F)c2F)cc1. The van der Waals surface area contributed by atoms with Crippen LogP contribution in [0.1, 0.15) is 24.1 Å². The summed E-state index contributed by atoms with van der Waals surface area (Å²) in [4.78, 5) is 1.14. The van der Waals surface area contributed by atoms with E-state index in [1.807, 2.05) is 24.3 Å². The van der Waals surface area contributed by atoms with Crippen molar-refractivity contribution in [3.05, 3.63) is 65.2 Å². The van der Waals surface area contributed by atoms with Gasteiger partial charge in [0.25, 0.3) is 0 Å². The summed E-state index contributed by atoms with van der Waals surface area (Å²) in [5.41, 5.74) is 6.94. The molecular formula is C15H15F2NS. The van der Waals surface area contributed by atoms with Crippen LogP contribution in [-0.2, 0) is 0 Å². The summed E-state index contributed by atoms with van der Waals surface area (Å²) in [6.45, 7) is 2.08. The zero-order chi connectivity index (χ0) is 13.8. The maximum atomic E-state index is 13.7. The third kappa shape index (κ3) is 3.14. The molecule has 1 nitrogen and oxygen atoms in total. The minimum absolute atomic E-state index is 0.177. The van der Waals surface area contributed by atoms with Gasteiger partial charge in [0.1, 0.15) is 0 Å². The molecule has 0 saturated heterocycles. The van der Waals surface area contributed by atoms with Crippen molar-refractivity contribution in [1.29, 1.82) is 0 Å². The number of rotatable bonds is 4. The number of halogens is 2. The Bertz CT molecular complexity index is 555. The summed E-state index contributed by atoms with van der Waals surface area (Å²) in [6, 6.07) is 11.0. The van der Waals surface area contributed by atoms with Gasteiger partial charge in [-0.3, -0.25) is 0 Å². The molecule has 0 amide bonds. The predicted molar refractivity (Wildman–Crippen MR) is 75.2 cm³/mol. The van der Waals surface area contributed by atoms with Gasteiger partial charge in [-0.05, 0) is 29.5 Å². The monoisotopic (exact) mass is 279 g/mol. The number of hydrogen-bond donors (Lipinski definition) is 1. The van der Waals surface area contributed by atoms with E-state index < -0.39 is 17.7 Å². The van der Waals surface area contributed by atoms with Crippen molar-refractivity contribution >= 4 is 11.8 Å². The Morgan fingerprint density at radius 2 is 1.79 bits per heavy atom. The summed E-state index contributed by atoms with van der Waals surface area (Å²) in [6.07, 6.45) is 0. The topological polar surface area (TPSA) is 26.0 Å². The van der Waals surface area contributed by atoms with Gasteiger partial charge in [0, 0.05) is 10.5 Å². The van der Waals surface area contributed by atoms with E-state index in [1.165, 1.54) is 12.1 Å². The lowest BCUT2D eigenvalue weighted by atomic mass is 9.99. The quantitative estimate of drug-likeness (QED) is 0.852. The van der Waals surface area contributed by atoms with Gasteiger partial charge in [0.2, 0.25) is 0 Å². The van der Waals surface area contributed by atoms with E-state index in [2.05, 4.69) is 6.92 Å². The highest BCUT2D eigenvalue weighted by atomic mass is 32.2. The number of benzene rings is 2. The molecule has 19 heavy (non-hydrogen) atoms. The fourth-order valence-electron chi connectivity index (χ4n) is 1.88. The van der Waals surface area contributed by atoms with Crippen molar-refractivity contribution in [3.8, 4) is 0 Å².